The van der Waals surface area contributed by atoms with Crippen molar-refractivity contribution in [1.29, 1.82) is 0 Å². The summed E-state index contributed by atoms with van der Waals surface area (Å²) in [6.45, 7) is 1.03. The summed E-state index contributed by atoms with van der Waals surface area (Å²) in [5.41, 5.74) is 0.830. The Kier molecular flexibility index (Phi) is 4.61. The molecule has 5 rings (SSSR count). The number of nitrogens with zero attached hydrogens (tertiary/aromatic N) is 2. The largest absolute Gasteiger partial charge is 0.486 e. The second-order valence-electron chi connectivity index (χ2n) is 8.32. The lowest BCUT2D eigenvalue weighted by Gasteiger charge is -2.44. The summed E-state index contributed by atoms with van der Waals surface area (Å²) in [4.78, 5) is 53.1. The van der Waals surface area contributed by atoms with Crippen molar-refractivity contribution in [2.45, 2.75) is 31.3 Å². The van der Waals surface area contributed by atoms with E-state index in [0.29, 0.717) is 54.8 Å². The molecule has 1 fully saturated rings. The number of piperidine rings is 1. The molecule has 1 spiro atoms. The molecule has 7 heteroatoms. The summed E-state index contributed by atoms with van der Waals surface area (Å²) in [6.07, 6.45) is 1.56. The molecule has 0 aliphatic carbocycles. The molecule has 158 valence electrons. The Morgan fingerprint density at radius 1 is 0.871 bits per heavy atom. The molecular weight excluding hydrogens is 396 g/mol. The predicted molar refractivity (Wildman–Crippen MR) is 111 cm³/mol. The average Bonchev–Trinajstić information content (AvgIpc) is 3.02. The van der Waals surface area contributed by atoms with E-state index in [-0.39, 0.29) is 36.5 Å². The minimum absolute atomic E-state index is 0.0647. The highest BCUT2D eigenvalue weighted by atomic mass is 16.5. The van der Waals surface area contributed by atoms with Crippen LogP contribution in [0.2, 0.25) is 0 Å². The predicted octanol–water partition coefficient (Wildman–Crippen LogP) is 2.70. The average molecular weight is 418 g/mol. The van der Waals surface area contributed by atoms with E-state index >= 15 is 0 Å². The number of carbonyl (C=O) groups excluding carboxylic acids is 4. The summed E-state index contributed by atoms with van der Waals surface area (Å²) in [5.74, 6) is -0.108. The lowest BCUT2D eigenvalue weighted by atomic mass is 9.82. The highest BCUT2D eigenvalue weighted by Crippen LogP contribution is 2.39. The Bertz CT molecular complexity index is 1070. The maximum Gasteiger partial charge on any atom is 0.261 e. The van der Waals surface area contributed by atoms with Crippen LogP contribution in [0.3, 0.4) is 0 Å². The van der Waals surface area contributed by atoms with Crippen LogP contribution >= 0.6 is 0 Å². The number of ether oxygens (including phenoxy) is 1. The third-order valence-corrected chi connectivity index (χ3v) is 6.45. The van der Waals surface area contributed by atoms with E-state index in [0.717, 1.165) is 4.90 Å². The Labute approximate surface area is 179 Å². The van der Waals surface area contributed by atoms with Gasteiger partial charge in [0.25, 0.3) is 11.8 Å². The van der Waals surface area contributed by atoms with Crippen LogP contribution in [0.15, 0.2) is 48.5 Å². The first-order chi connectivity index (χ1) is 15.0. The van der Waals surface area contributed by atoms with E-state index in [2.05, 4.69) is 0 Å². The van der Waals surface area contributed by atoms with Crippen molar-refractivity contribution in [1.82, 2.24) is 9.80 Å². The number of fused-ring (bicyclic) bond motifs is 2. The van der Waals surface area contributed by atoms with Gasteiger partial charge >= 0.3 is 0 Å². The number of Topliss-reactive ketones (excluding diaryl/α,β-unsaturated/α-hetero) is 1. The summed E-state index contributed by atoms with van der Waals surface area (Å²) in [7, 11) is 0. The fourth-order valence-electron chi connectivity index (χ4n) is 4.69. The summed E-state index contributed by atoms with van der Waals surface area (Å²) in [5, 5.41) is 0. The minimum Gasteiger partial charge on any atom is -0.486 e. The van der Waals surface area contributed by atoms with Crippen LogP contribution in [0.1, 0.15) is 56.8 Å². The number of hydrogen-bond acceptors (Lipinski definition) is 5. The van der Waals surface area contributed by atoms with Crippen LogP contribution in [-0.2, 0) is 4.79 Å². The molecule has 1 saturated heterocycles. The lowest BCUT2D eigenvalue weighted by molar-refractivity contribution is -0.134. The van der Waals surface area contributed by atoms with Crippen LogP contribution in [0.5, 0.6) is 5.75 Å². The van der Waals surface area contributed by atoms with Gasteiger partial charge in [0.2, 0.25) is 5.91 Å². The molecule has 31 heavy (non-hydrogen) atoms. The number of carbonyl (C=O) groups is 4. The van der Waals surface area contributed by atoms with E-state index in [1.54, 1.807) is 35.2 Å². The quantitative estimate of drug-likeness (QED) is 0.716. The summed E-state index contributed by atoms with van der Waals surface area (Å²) >= 11 is 0. The fourth-order valence-corrected chi connectivity index (χ4v) is 4.69. The van der Waals surface area contributed by atoms with Gasteiger partial charge in [-0.05, 0) is 24.3 Å². The van der Waals surface area contributed by atoms with Gasteiger partial charge in [-0.15, -0.1) is 0 Å². The SMILES string of the molecule is O=C1CC2(CCN(C(=O)CCN3C(=O)c4ccccc4C3=O)CC2)Oc2ccccc21. The molecule has 0 radical (unpaired) electrons. The van der Waals surface area contributed by atoms with E-state index in [4.69, 9.17) is 4.74 Å². The summed E-state index contributed by atoms with van der Waals surface area (Å²) in [6, 6.07) is 14.0. The van der Waals surface area contributed by atoms with Crippen LogP contribution in [0.4, 0.5) is 0 Å². The zero-order valence-electron chi connectivity index (χ0n) is 17.0. The molecule has 3 aliphatic rings. The van der Waals surface area contributed by atoms with E-state index in [9.17, 15) is 19.2 Å². The fraction of sp³-hybridized carbons (Fsp3) is 0.333. The number of para-hydroxylation sites is 1. The standard InChI is InChI=1S/C24H22N2O5/c27-19-15-24(31-20-8-4-3-7-18(19)20)10-13-25(14-11-24)21(28)9-12-26-22(29)16-5-1-2-6-17(16)23(26)30/h1-8H,9-15H2. The van der Waals surface area contributed by atoms with Crippen molar-refractivity contribution < 1.29 is 23.9 Å². The molecule has 2 aromatic carbocycles. The first-order valence-electron chi connectivity index (χ1n) is 10.5. The van der Waals surface area contributed by atoms with Crippen LogP contribution < -0.4 is 4.74 Å². The van der Waals surface area contributed by atoms with Crippen LogP contribution in [0.25, 0.3) is 0 Å². The van der Waals surface area contributed by atoms with E-state index < -0.39 is 5.60 Å². The van der Waals surface area contributed by atoms with Gasteiger partial charge in [-0.25, -0.2) is 0 Å². The van der Waals surface area contributed by atoms with Crippen LogP contribution in [0, 0.1) is 0 Å². The first kappa shape index (κ1) is 19.5. The smallest absolute Gasteiger partial charge is 0.261 e. The zero-order chi connectivity index (χ0) is 21.6. The Morgan fingerprint density at radius 2 is 1.45 bits per heavy atom. The number of rotatable bonds is 3. The van der Waals surface area contributed by atoms with E-state index in [1.807, 2.05) is 18.2 Å². The second-order valence-corrected chi connectivity index (χ2v) is 8.32. The van der Waals surface area contributed by atoms with Gasteiger partial charge in [-0.1, -0.05) is 24.3 Å². The molecule has 3 aliphatic heterocycles. The molecule has 0 unspecified atom stereocenters. The van der Waals surface area contributed by atoms with E-state index in [1.165, 1.54) is 0 Å². The second kappa shape index (κ2) is 7.34. The number of benzene rings is 2. The topological polar surface area (TPSA) is 84.0 Å². The molecule has 0 bridgehead atoms. The van der Waals surface area contributed by atoms with Crippen molar-refractivity contribution in [3.05, 3.63) is 65.2 Å². The third kappa shape index (κ3) is 3.30. The Morgan fingerprint density at radius 3 is 2.10 bits per heavy atom. The first-order valence-corrected chi connectivity index (χ1v) is 10.5. The van der Waals surface area contributed by atoms with Gasteiger partial charge in [0.15, 0.2) is 5.78 Å². The van der Waals surface area contributed by atoms with Crippen molar-refractivity contribution in [2.24, 2.45) is 0 Å². The van der Waals surface area contributed by atoms with Crippen molar-refractivity contribution in [3.8, 4) is 5.75 Å². The lowest BCUT2D eigenvalue weighted by Crippen LogP contribution is -2.52. The highest BCUT2D eigenvalue weighted by molar-refractivity contribution is 6.21. The molecule has 0 aromatic heterocycles. The molecule has 0 atom stereocenters. The third-order valence-electron chi connectivity index (χ3n) is 6.45. The number of hydrogen-bond donors (Lipinski definition) is 0. The molecular formula is C24H22N2O5. The number of amides is 3. The monoisotopic (exact) mass is 418 g/mol. The van der Waals surface area contributed by atoms with Crippen LogP contribution in [-0.4, -0.2) is 58.5 Å². The maximum atomic E-state index is 12.7. The Balaban J connectivity index is 1.19. The Hall–Kier alpha value is -3.48. The zero-order valence-corrected chi connectivity index (χ0v) is 17.0. The van der Waals surface area contributed by atoms with Crippen molar-refractivity contribution in [2.75, 3.05) is 19.6 Å². The molecule has 2 aromatic rings. The van der Waals surface area contributed by atoms with Crippen molar-refractivity contribution in [3.63, 3.8) is 0 Å². The highest BCUT2D eigenvalue weighted by Gasteiger charge is 2.43. The normalized spacial score (nSPS) is 19.3. The molecule has 7 nitrogen and oxygen atoms in total. The van der Waals surface area contributed by atoms with Gasteiger partial charge in [0.1, 0.15) is 11.4 Å². The van der Waals surface area contributed by atoms with Gasteiger partial charge in [-0.2, -0.15) is 0 Å². The maximum absolute atomic E-state index is 12.7. The summed E-state index contributed by atoms with van der Waals surface area (Å²) < 4.78 is 6.21. The number of likely N-dealkylation sites (tertiary alicyclic amines) is 1. The minimum atomic E-state index is -0.565. The molecule has 0 saturated carbocycles. The van der Waals surface area contributed by atoms with Gasteiger partial charge in [0.05, 0.1) is 23.1 Å². The number of ketones is 1. The van der Waals surface area contributed by atoms with Gasteiger partial charge in [-0.3, -0.25) is 24.1 Å². The molecule has 3 amide bonds. The number of imide groups is 1. The molecule has 0 N–H and O–H groups in total. The van der Waals surface area contributed by atoms with Gasteiger partial charge < -0.3 is 9.64 Å². The molecule has 3 heterocycles. The van der Waals surface area contributed by atoms with Crippen molar-refractivity contribution >= 4 is 23.5 Å². The van der Waals surface area contributed by atoms with Gasteiger partial charge in [0, 0.05) is 38.9 Å².